The average molecular weight is 340 g/mol. The molecule has 1 heterocycles. The Kier molecular flexibility index (Phi) is 5.46. The van der Waals surface area contributed by atoms with E-state index in [1.54, 1.807) is 0 Å². The van der Waals surface area contributed by atoms with E-state index in [2.05, 4.69) is 53.3 Å². The van der Waals surface area contributed by atoms with E-state index >= 15 is 0 Å². The molecule has 3 nitrogen and oxygen atoms in total. The van der Waals surface area contributed by atoms with E-state index < -0.39 is 0 Å². The van der Waals surface area contributed by atoms with Crippen molar-refractivity contribution in [3.05, 3.63) is 59.4 Å². The molecule has 1 aromatic carbocycles. The molecule has 0 unspecified atom stereocenters. The summed E-state index contributed by atoms with van der Waals surface area (Å²) in [5, 5.41) is 4.32. The fraction of sp³-hybridized carbons (Fsp3) is 0.400. The highest BCUT2D eigenvalue weighted by atomic mass is 32.1. The van der Waals surface area contributed by atoms with Gasteiger partial charge in [-0.3, -0.25) is 4.98 Å². The van der Waals surface area contributed by atoms with Gasteiger partial charge in [0.05, 0.1) is 12.2 Å². The van der Waals surface area contributed by atoms with Crippen LogP contribution in [-0.4, -0.2) is 21.0 Å². The Morgan fingerprint density at radius 1 is 1.12 bits per heavy atom. The van der Waals surface area contributed by atoms with Crippen molar-refractivity contribution in [2.75, 3.05) is 5.32 Å². The first-order chi connectivity index (χ1) is 11.6. The second-order valence-electron chi connectivity index (χ2n) is 6.58. The van der Waals surface area contributed by atoms with Crippen LogP contribution < -0.4 is 5.32 Å². The van der Waals surface area contributed by atoms with Crippen LogP contribution in [0, 0.1) is 13.8 Å². The van der Waals surface area contributed by atoms with Crippen molar-refractivity contribution in [1.29, 1.82) is 0 Å². The quantitative estimate of drug-likeness (QED) is 0.807. The number of aromatic nitrogens is 1. The number of hydrogen-bond acceptors (Lipinski definition) is 2. The Hall–Kier alpha value is -1.94. The van der Waals surface area contributed by atoms with Gasteiger partial charge in [0.2, 0.25) is 0 Å². The molecule has 1 aliphatic carbocycles. The number of hydrogen-bond donors (Lipinski definition) is 1. The molecule has 0 spiro atoms. The highest BCUT2D eigenvalue weighted by Gasteiger charge is 2.25. The predicted octanol–water partition coefficient (Wildman–Crippen LogP) is 4.84. The van der Waals surface area contributed by atoms with Gasteiger partial charge in [0.15, 0.2) is 5.11 Å². The zero-order chi connectivity index (χ0) is 16.9. The highest BCUT2D eigenvalue weighted by Crippen LogP contribution is 2.27. The predicted molar refractivity (Wildman–Crippen MR) is 104 cm³/mol. The molecule has 2 aromatic rings. The number of nitrogens with one attached hydrogen (secondary N) is 1. The molecule has 4 heteroatoms. The Labute approximate surface area is 150 Å². The van der Waals surface area contributed by atoms with Crippen LogP contribution in [0.15, 0.2) is 42.6 Å². The van der Waals surface area contributed by atoms with Gasteiger partial charge in [0, 0.05) is 17.9 Å². The van der Waals surface area contributed by atoms with Crippen molar-refractivity contribution >= 4 is 23.0 Å². The largest absolute Gasteiger partial charge is 0.340 e. The van der Waals surface area contributed by atoms with E-state index in [0.717, 1.165) is 23.0 Å². The van der Waals surface area contributed by atoms with Gasteiger partial charge < -0.3 is 10.2 Å². The van der Waals surface area contributed by atoms with Crippen LogP contribution >= 0.6 is 12.2 Å². The lowest BCUT2D eigenvalue weighted by molar-refractivity contribution is 0.309. The number of thiocarbonyl (C=S) groups is 1. The molecular weight excluding hydrogens is 314 g/mol. The van der Waals surface area contributed by atoms with Crippen LogP contribution in [0.25, 0.3) is 0 Å². The third-order valence-corrected chi connectivity index (χ3v) is 5.13. The Bertz CT molecular complexity index is 673. The number of nitrogens with zero attached hydrogens (tertiary/aromatic N) is 2. The van der Waals surface area contributed by atoms with E-state index in [1.807, 2.05) is 18.3 Å². The number of benzene rings is 1. The first-order valence-electron chi connectivity index (χ1n) is 8.69. The van der Waals surface area contributed by atoms with Crippen molar-refractivity contribution in [2.45, 2.75) is 52.1 Å². The van der Waals surface area contributed by atoms with Crippen LogP contribution in [-0.2, 0) is 6.54 Å². The minimum atomic E-state index is 0.510. The normalized spacial score (nSPS) is 14.6. The van der Waals surface area contributed by atoms with Crippen molar-refractivity contribution in [3.8, 4) is 0 Å². The number of rotatable bonds is 4. The van der Waals surface area contributed by atoms with Gasteiger partial charge in [-0.05, 0) is 62.2 Å². The summed E-state index contributed by atoms with van der Waals surface area (Å²) in [6.45, 7) is 5.01. The lowest BCUT2D eigenvalue weighted by Gasteiger charge is -2.32. The number of aryl methyl sites for hydroxylation is 2. The summed E-state index contributed by atoms with van der Waals surface area (Å²) >= 11 is 5.80. The van der Waals surface area contributed by atoms with E-state index in [4.69, 9.17) is 12.2 Å². The minimum Gasteiger partial charge on any atom is -0.340 e. The summed E-state index contributed by atoms with van der Waals surface area (Å²) in [5.74, 6) is 0. The molecule has 1 aromatic heterocycles. The maximum absolute atomic E-state index is 5.80. The molecule has 3 rings (SSSR count). The van der Waals surface area contributed by atoms with E-state index in [9.17, 15) is 0 Å². The van der Waals surface area contributed by atoms with Gasteiger partial charge in [-0.1, -0.05) is 37.1 Å². The molecular formula is C20H25N3S. The zero-order valence-electron chi connectivity index (χ0n) is 14.5. The lowest BCUT2D eigenvalue weighted by Crippen LogP contribution is -2.41. The van der Waals surface area contributed by atoms with E-state index in [0.29, 0.717) is 6.04 Å². The molecule has 1 fully saturated rings. The van der Waals surface area contributed by atoms with Crippen molar-refractivity contribution in [1.82, 2.24) is 9.88 Å². The SMILES string of the molecule is Cc1cccc(C)c1NC(=S)N(Cc1ccccn1)C1CCCC1. The number of para-hydroxylation sites is 1. The summed E-state index contributed by atoms with van der Waals surface area (Å²) in [5.41, 5.74) is 4.64. The molecule has 0 saturated heterocycles. The molecule has 1 N–H and O–H groups in total. The third kappa shape index (κ3) is 3.93. The first kappa shape index (κ1) is 16.9. The van der Waals surface area contributed by atoms with E-state index in [1.165, 1.54) is 36.8 Å². The fourth-order valence-electron chi connectivity index (χ4n) is 3.44. The van der Waals surface area contributed by atoms with Crippen molar-refractivity contribution in [2.24, 2.45) is 0 Å². The van der Waals surface area contributed by atoms with Crippen LogP contribution in [0.2, 0.25) is 0 Å². The monoisotopic (exact) mass is 339 g/mol. The highest BCUT2D eigenvalue weighted by molar-refractivity contribution is 7.80. The fourth-order valence-corrected chi connectivity index (χ4v) is 3.75. The number of pyridine rings is 1. The van der Waals surface area contributed by atoms with Crippen LogP contribution in [0.3, 0.4) is 0 Å². The van der Waals surface area contributed by atoms with Gasteiger partial charge in [0.25, 0.3) is 0 Å². The molecule has 0 bridgehead atoms. The molecule has 0 radical (unpaired) electrons. The summed E-state index contributed by atoms with van der Waals surface area (Å²) in [4.78, 5) is 6.82. The molecule has 1 saturated carbocycles. The molecule has 1 aliphatic rings. The Morgan fingerprint density at radius 2 is 1.83 bits per heavy atom. The summed E-state index contributed by atoms with van der Waals surface area (Å²) < 4.78 is 0. The van der Waals surface area contributed by atoms with E-state index in [-0.39, 0.29) is 0 Å². The molecule has 24 heavy (non-hydrogen) atoms. The zero-order valence-corrected chi connectivity index (χ0v) is 15.3. The van der Waals surface area contributed by atoms with Gasteiger partial charge >= 0.3 is 0 Å². The third-order valence-electron chi connectivity index (χ3n) is 4.80. The minimum absolute atomic E-state index is 0.510. The second kappa shape index (κ2) is 7.75. The Morgan fingerprint density at radius 3 is 2.46 bits per heavy atom. The second-order valence-corrected chi connectivity index (χ2v) is 6.97. The van der Waals surface area contributed by atoms with Crippen LogP contribution in [0.4, 0.5) is 5.69 Å². The molecule has 0 amide bonds. The summed E-state index contributed by atoms with van der Waals surface area (Å²) in [6, 6.07) is 12.9. The maximum atomic E-state index is 5.80. The van der Waals surface area contributed by atoms with Gasteiger partial charge in [-0.25, -0.2) is 0 Å². The van der Waals surface area contributed by atoms with Gasteiger partial charge in [-0.2, -0.15) is 0 Å². The smallest absolute Gasteiger partial charge is 0.174 e. The summed E-state index contributed by atoms with van der Waals surface area (Å²) in [6.07, 6.45) is 6.84. The van der Waals surface area contributed by atoms with Gasteiger partial charge in [-0.15, -0.1) is 0 Å². The van der Waals surface area contributed by atoms with Crippen LogP contribution in [0.5, 0.6) is 0 Å². The summed E-state index contributed by atoms with van der Waals surface area (Å²) in [7, 11) is 0. The standard InChI is InChI=1S/C20H25N3S/c1-15-8-7-9-16(2)19(15)22-20(24)23(18-11-3-4-12-18)14-17-10-5-6-13-21-17/h5-10,13,18H,3-4,11-12,14H2,1-2H3,(H,22,24). The Balaban J connectivity index is 1.80. The van der Waals surface area contributed by atoms with Crippen LogP contribution in [0.1, 0.15) is 42.5 Å². The number of anilines is 1. The van der Waals surface area contributed by atoms with Crippen molar-refractivity contribution in [3.63, 3.8) is 0 Å². The van der Waals surface area contributed by atoms with Gasteiger partial charge in [0.1, 0.15) is 0 Å². The molecule has 0 aliphatic heterocycles. The first-order valence-corrected chi connectivity index (χ1v) is 9.09. The molecule has 126 valence electrons. The lowest BCUT2D eigenvalue weighted by atomic mass is 10.1. The maximum Gasteiger partial charge on any atom is 0.174 e. The van der Waals surface area contributed by atoms with Crippen molar-refractivity contribution < 1.29 is 0 Å². The topological polar surface area (TPSA) is 28.2 Å². The molecule has 0 atom stereocenters. The average Bonchev–Trinajstić information content (AvgIpc) is 3.11.